The van der Waals surface area contributed by atoms with Crippen molar-refractivity contribution in [3.05, 3.63) is 83.8 Å². The van der Waals surface area contributed by atoms with Gasteiger partial charge in [-0.05, 0) is 18.1 Å². The van der Waals surface area contributed by atoms with Gasteiger partial charge in [-0.15, -0.1) is 0 Å². The molecule has 2 aromatic carbocycles. The Morgan fingerprint density at radius 2 is 1.75 bits per heavy atom. The summed E-state index contributed by atoms with van der Waals surface area (Å²) in [7, 11) is 0. The van der Waals surface area contributed by atoms with Crippen LogP contribution in [0.3, 0.4) is 0 Å². The molecule has 3 rings (SSSR count). The Labute approximate surface area is 140 Å². The van der Waals surface area contributed by atoms with Crippen LogP contribution in [0.25, 0.3) is 0 Å². The minimum Gasteiger partial charge on any atom is -0.465 e. The molecule has 2 atom stereocenters. The summed E-state index contributed by atoms with van der Waals surface area (Å²) < 4.78 is 11.2. The summed E-state index contributed by atoms with van der Waals surface area (Å²) in [6, 6.07) is 18.8. The van der Waals surface area contributed by atoms with Gasteiger partial charge >= 0.3 is 12.5 Å². The van der Waals surface area contributed by atoms with Crippen LogP contribution >= 0.6 is 0 Å². The van der Waals surface area contributed by atoms with Gasteiger partial charge in [-0.1, -0.05) is 60.7 Å². The Morgan fingerprint density at radius 3 is 2.38 bits per heavy atom. The summed E-state index contributed by atoms with van der Waals surface area (Å²) in [5.41, 5.74) is 1.95. The van der Waals surface area contributed by atoms with Crippen molar-refractivity contribution < 1.29 is 19.4 Å². The predicted molar refractivity (Wildman–Crippen MR) is 88.9 cm³/mol. The molecule has 124 valence electrons. The first-order chi connectivity index (χ1) is 11.6. The van der Waals surface area contributed by atoms with E-state index in [4.69, 9.17) is 9.47 Å². The second-order valence-corrected chi connectivity index (χ2v) is 5.58. The zero-order valence-electron chi connectivity index (χ0n) is 13.3. The van der Waals surface area contributed by atoms with Crippen molar-refractivity contribution in [3.8, 4) is 0 Å². The molecule has 5 heteroatoms. The van der Waals surface area contributed by atoms with E-state index in [0.29, 0.717) is 12.2 Å². The average molecular weight is 325 g/mol. The predicted octanol–water partition coefficient (Wildman–Crippen LogP) is 4.14. The molecule has 0 spiro atoms. The lowest BCUT2D eigenvalue weighted by atomic mass is 10.1. The van der Waals surface area contributed by atoms with Gasteiger partial charge in [0.25, 0.3) is 0 Å². The number of rotatable bonds is 5. The number of amides is 1. The lowest BCUT2D eigenvalue weighted by molar-refractivity contribution is -0.143. The Bertz CT molecular complexity index is 715. The van der Waals surface area contributed by atoms with Gasteiger partial charge in [0.05, 0.1) is 6.04 Å². The lowest BCUT2D eigenvalue weighted by Gasteiger charge is -2.30. The second kappa shape index (κ2) is 7.08. The minimum absolute atomic E-state index is 0.391. The summed E-state index contributed by atoms with van der Waals surface area (Å²) in [6.45, 7) is 1.81. The van der Waals surface area contributed by atoms with Gasteiger partial charge < -0.3 is 14.6 Å². The maximum atomic E-state index is 11.7. The molecule has 0 bridgehead atoms. The molecule has 0 aromatic heterocycles. The molecule has 1 aliphatic rings. The largest absolute Gasteiger partial charge is 0.465 e. The fourth-order valence-electron chi connectivity index (χ4n) is 2.65. The van der Waals surface area contributed by atoms with Crippen molar-refractivity contribution in [2.45, 2.75) is 25.8 Å². The van der Waals surface area contributed by atoms with Crippen molar-refractivity contribution in [1.29, 1.82) is 0 Å². The quantitative estimate of drug-likeness (QED) is 0.897. The Balaban J connectivity index is 1.69. The molecule has 0 fully saturated rings. The number of hydrogen-bond acceptors (Lipinski definition) is 3. The first-order valence-corrected chi connectivity index (χ1v) is 7.76. The van der Waals surface area contributed by atoms with E-state index in [1.165, 1.54) is 11.2 Å². The van der Waals surface area contributed by atoms with Gasteiger partial charge in [-0.3, -0.25) is 0 Å². The zero-order chi connectivity index (χ0) is 16.9. The molecule has 0 saturated carbocycles. The van der Waals surface area contributed by atoms with Gasteiger partial charge in [0.1, 0.15) is 12.0 Å². The van der Waals surface area contributed by atoms with Crippen LogP contribution < -0.4 is 0 Å². The van der Waals surface area contributed by atoms with Gasteiger partial charge in [0.2, 0.25) is 0 Å². The lowest BCUT2D eigenvalue weighted by Crippen LogP contribution is -2.42. The molecular formula is C19H19NO4. The molecule has 0 saturated heterocycles. The van der Waals surface area contributed by atoms with Crippen LogP contribution in [0.2, 0.25) is 0 Å². The molecule has 1 amide bonds. The van der Waals surface area contributed by atoms with Crippen molar-refractivity contribution in [1.82, 2.24) is 4.90 Å². The normalized spacial score (nSPS) is 17.4. The molecular weight excluding hydrogens is 306 g/mol. The van der Waals surface area contributed by atoms with E-state index in [2.05, 4.69) is 0 Å². The highest BCUT2D eigenvalue weighted by Crippen LogP contribution is 2.28. The number of hydrogen-bond donors (Lipinski definition) is 1. The number of ether oxygens (including phenoxy) is 2. The summed E-state index contributed by atoms with van der Waals surface area (Å²) in [5, 5.41) is 9.58. The van der Waals surface area contributed by atoms with Crippen molar-refractivity contribution in [2.24, 2.45) is 0 Å². The zero-order valence-corrected chi connectivity index (χ0v) is 13.3. The van der Waals surface area contributed by atoms with Gasteiger partial charge in [0.15, 0.2) is 0 Å². The molecule has 0 aliphatic carbocycles. The van der Waals surface area contributed by atoms with Gasteiger partial charge in [0, 0.05) is 6.42 Å². The number of carboxylic acid groups (broad SMARTS) is 1. The Kier molecular flexibility index (Phi) is 4.70. The molecule has 1 heterocycles. The van der Waals surface area contributed by atoms with Crippen LogP contribution in [0, 0.1) is 0 Å². The van der Waals surface area contributed by atoms with E-state index >= 15 is 0 Å². The summed E-state index contributed by atoms with van der Waals surface area (Å²) >= 11 is 0. The van der Waals surface area contributed by atoms with Crippen molar-refractivity contribution in [2.75, 3.05) is 0 Å². The molecule has 24 heavy (non-hydrogen) atoms. The summed E-state index contributed by atoms with van der Waals surface area (Å²) in [6.07, 6.45) is -0.0160. The first-order valence-electron chi connectivity index (χ1n) is 7.76. The van der Waals surface area contributed by atoms with Crippen LogP contribution in [0.5, 0.6) is 0 Å². The average Bonchev–Trinajstić information content (AvgIpc) is 3.04. The van der Waals surface area contributed by atoms with Gasteiger partial charge in [-0.2, -0.15) is 0 Å². The van der Waals surface area contributed by atoms with Crippen LogP contribution in [-0.4, -0.2) is 22.5 Å². The maximum Gasteiger partial charge on any atom is 0.413 e. The van der Waals surface area contributed by atoms with E-state index < -0.39 is 18.5 Å². The number of carbonyl (C=O) groups is 1. The fourth-order valence-corrected chi connectivity index (χ4v) is 2.65. The van der Waals surface area contributed by atoms with E-state index in [9.17, 15) is 9.90 Å². The third kappa shape index (κ3) is 3.51. The monoisotopic (exact) mass is 325 g/mol. The molecule has 0 radical (unpaired) electrons. The summed E-state index contributed by atoms with van der Waals surface area (Å²) in [4.78, 5) is 12.9. The molecule has 2 unspecified atom stereocenters. The fraction of sp³-hybridized carbons (Fsp3) is 0.211. The summed E-state index contributed by atoms with van der Waals surface area (Å²) in [5.74, 6) is 0.609. The molecule has 1 N–H and O–H groups in total. The van der Waals surface area contributed by atoms with Crippen LogP contribution in [0.4, 0.5) is 4.79 Å². The van der Waals surface area contributed by atoms with E-state index in [-0.39, 0.29) is 0 Å². The molecule has 2 aromatic rings. The highest BCUT2D eigenvalue weighted by Gasteiger charge is 2.35. The van der Waals surface area contributed by atoms with Crippen LogP contribution in [-0.2, 0) is 15.9 Å². The Hall–Kier alpha value is -2.95. The van der Waals surface area contributed by atoms with E-state index in [1.54, 1.807) is 0 Å². The molecule has 1 aliphatic heterocycles. The smallest absolute Gasteiger partial charge is 0.413 e. The molecule has 5 nitrogen and oxygen atoms in total. The maximum absolute atomic E-state index is 11.7. The van der Waals surface area contributed by atoms with Gasteiger partial charge in [-0.25, -0.2) is 9.69 Å². The third-order valence-corrected chi connectivity index (χ3v) is 3.94. The second-order valence-electron chi connectivity index (χ2n) is 5.58. The highest BCUT2D eigenvalue weighted by molar-refractivity contribution is 5.66. The van der Waals surface area contributed by atoms with Crippen molar-refractivity contribution in [3.63, 3.8) is 0 Å². The third-order valence-electron chi connectivity index (χ3n) is 3.94. The number of allylic oxidation sites excluding steroid dienone is 1. The topological polar surface area (TPSA) is 59.0 Å². The van der Waals surface area contributed by atoms with E-state index in [0.717, 1.165) is 11.1 Å². The Morgan fingerprint density at radius 1 is 1.12 bits per heavy atom. The number of nitrogens with zero attached hydrogens (tertiary/aromatic N) is 1. The van der Waals surface area contributed by atoms with Crippen molar-refractivity contribution >= 4 is 6.09 Å². The standard InChI is InChI=1S/C19H19NO4/c1-14(16-10-6-3-7-11-16)20(18(21)22)19-23-13-17(24-19)12-15-8-4-2-5-9-15/h2-11,13-14,19H,12H2,1H3,(H,21,22). The highest BCUT2D eigenvalue weighted by atomic mass is 16.7. The van der Waals surface area contributed by atoms with Crippen LogP contribution in [0.1, 0.15) is 24.1 Å². The first kappa shape index (κ1) is 15.9. The number of benzene rings is 2. The van der Waals surface area contributed by atoms with Crippen LogP contribution in [0.15, 0.2) is 72.7 Å². The minimum atomic E-state index is -1.09. The SMILES string of the molecule is CC(c1ccccc1)N(C(=O)O)C1OC=C(Cc2ccccc2)O1. The van der Waals surface area contributed by atoms with E-state index in [1.807, 2.05) is 67.6 Å².